The third-order valence-electron chi connectivity index (χ3n) is 15.6. The highest BCUT2D eigenvalue weighted by Gasteiger charge is 2.40. The number of carboxylic acid groups (broad SMARTS) is 3. The number of unbranched alkanes of at least 4 members (excludes halogenated alkanes) is 1. The molecule has 46 nitrogen and oxygen atoms in total. The van der Waals surface area contributed by atoms with Crippen molar-refractivity contribution in [2.45, 2.75) is 208 Å². The topological polar surface area (TPSA) is 794 Å². The Labute approximate surface area is 627 Å². The van der Waals surface area contributed by atoms with Gasteiger partial charge < -0.3 is 144 Å². The number of nitrogens with two attached hydrogens (primary N) is 6. The van der Waals surface area contributed by atoms with Gasteiger partial charge in [0.25, 0.3) is 0 Å². The molecular weight excluding hydrogens is 1470 g/mol. The van der Waals surface area contributed by atoms with Crippen LogP contribution in [0.25, 0.3) is 0 Å². The molecule has 0 heterocycles. The summed E-state index contributed by atoms with van der Waals surface area (Å²) in [7, 11) is 0. The lowest BCUT2D eigenvalue weighted by atomic mass is 10.0. The van der Waals surface area contributed by atoms with E-state index in [1.165, 1.54) is 24.3 Å². The van der Waals surface area contributed by atoms with Crippen molar-refractivity contribution in [2.24, 2.45) is 39.4 Å². The van der Waals surface area contributed by atoms with Gasteiger partial charge in [0, 0.05) is 25.1 Å². The fourth-order valence-corrected chi connectivity index (χ4v) is 9.81. The standard InChI is InChI=1S/C62H100N20O26S/c1-25(70-58(104)45(27(3)84)82-60(106)47(29(5)86)80-49(95)32(64)20-41(65)88)48(94)72-33(9-6-7-17-63)50(96)77-38(22-44(92)93)55(101)76-37(21-42(66)89)54(100)73-34(10-8-18-69-62(67)68)52(98)81-46(28(4)85)59(105)78-39(23-83)56(102)75-36(19-30-11-13-31(87)14-12-30)53(99)74-35(15-16-43(90)91)51(97)79-40(24-109)57(103)71-26(2)61(107)108/h11-14,25-29,32-40,45-47,83-87,109H,6-10,15-24,63-64H2,1-5H3,(H2,65,88)(H2,66,89)(H,70,104)(H,71,103)(H,72,94)(H,73,100)(H,74,99)(H,75,102)(H,76,101)(H,77,96)(H,78,105)(H,79,97)(H,80,95)(H,81,98)(H,82,106)(H,90,91)(H,92,93)(H,107,108)(H4,67,68,69)/t25-,26-,27+,28+,29+,32-,33-,34-,35-,36-,37-,38-,39-,40-,45-,46-,47-/m0/s1. The van der Waals surface area contributed by atoms with Gasteiger partial charge in [0.05, 0.1) is 50.2 Å². The molecule has 1 rings (SSSR count). The lowest BCUT2D eigenvalue weighted by Gasteiger charge is -2.28. The Balaban J connectivity index is 3.64. The molecule has 17 atom stereocenters. The number of carbonyl (C=O) groups excluding carboxylic acids is 15. The Bertz CT molecular complexity index is 3400. The van der Waals surface area contributed by atoms with E-state index in [4.69, 9.17) is 34.4 Å². The number of hydrogen-bond donors (Lipinski definition) is 28. The number of carboxylic acids is 3. The fraction of sp³-hybridized carbons (Fsp3) is 0.597. The average Bonchev–Trinajstić information content (AvgIpc) is 0.855. The first-order chi connectivity index (χ1) is 50.9. The van der Waals surface area contributed by atoms with Crippen molar-refractivity contribution >= 4 is 125 Å². The number of aromatic hydroxyl groups is 1. The Morgan fingerprint density at radius 1 is 0.422 bits per heavy atom. The lowest BCUT2D eigenvalue weighted by molar-refractivity contribution is -0.142. The van der Waals surface area contributed by atoms with Crippen molar-refractivity contribution < 1.29 is 127 Å². The summed E-state index contributed by atoms with van der Waals surface area (Å²) in [5, 5.41) is 109. The number of guanidine groups is 1. The predicted octanol–water partition coefficient (Wildman–Crippen LogP) is -13.0. The molecule has 0 spiro atoms. The van der Waals surface area contributed by atoms with E-state index in [1.54, 1.807) is 0 Å². The van der Waals surface area contributed by atoms with E-state index < -0.39 is 273 Å². The number of carbonyl (C=O) groups is 18. The largest absolute Gasteiger partial charge is 0.508 e. The quantitative estimate of drug-likeness (QED) is 0.0125. The Morgan fingerprint density at radius 3 is 1.26 bits per heavy atom. The van der Waals surface area contributed by atoms with E-state index in [0.717, 1.165) is 34.6 Å². The molecule has 1 aromatic carbocycles. The van der Waals surface area contributed by atoms with Gasteiger partial charge in [-0.2, -0.15) is 12.6 Å². The first-order valence-electron chi connectivity index (χ1n) is 33.6. The van der Waals surface area contributed by atoms with Crippen LogP contribution < -0.4 is 104 Å². The number of aliphatic hydroxyl groups excluding tert-OH is 4. The first-order valence-corrected chi connectivity index (χ1v) is 34.2. The van der Waals surface area contributed by atoms with Gasteiger partial charge in [-0.15, -0.1) is 0 Å². The van der Waals surface area contributed by atoms with Gasteiger partial charge in [0.1, 0.15) is 84.3 Å². The molecule has 0 aliphatic rings. The van der Waals surface area contributed by atoms with Crippen LogP contribution in [0.2, 0.25) is 0 Å². The van der Waals surface area contributed by atoms with Gasteiger partial charge in [0.2, 0.25) is 88.6 Å². The minimum atomic E-state index is -2.18. The van der Waals surface area contributed by atoms with Gasteiger partial charge in [-0.1, -0.05) is 12.1 Å². The first kappa shape index (κ1) is 95.9. The number of amides is 15. The second kappa shape index (κ2) is 48.2. The van der Waals surface area contributed by atoms with E-state index in [2.05, 4.69) is 86.7 Å². The van der Waals surface area contributed by atoms with Crippen LogP contribution in [-0.2, 0) is 92.7 Å². The maximum Gasteiger partial charge on any atom is 0.325 e. The van der Waals surface area contributed by atoms with Crippen molar-refractivity contribution in [3.05, 3.63) is 29.8 Å². The highest BCUT2D eigenvalue weighted by molar-refractivity contribution is 7.80. The van der Waals surface area contributed by atoms with E-state index in [-0.39, 0.29) is 50.1 Å². The van der Waals surface area contributed by atoms with Crippen LogP contribution in [0.15, 0.2) is 29.3 Å². The second-order valence-corrected chi connectivity index (χ2v) is 25.3. The molecule has 0 unspecified atom stereocenters. The highest BCUT2D eigenvalue weighted by atomic mass is 32.1. The summed E-state index contributed by atoms with van der Waals surface area (Å²) in [5.74, 6) is -24.6. The monoisotopic (exact) mass is 1570 g/mol. The third kappa shape index (κ3) is 35.9. The molecule has 0 saturated carbocycles. The SMILES string of the molecule is C[C@H](NC(=O)[C@H](CS)NC(=O)[C@H](CCC(=O)O)NC(=O)[C@H](Cc1ccc(O)cc1)NC(=O)[C@H](CO)NC(=O)[C@@H](NC(=O)[C@H](CCCN=C(N)N)NC(=O)[C@H](CC(N)=O)NC(=O)[C@H](CC(=O)O)NC(=O)[C@H](CCCCN)NC(=O)[C@H](C)NC(=O)[C@@H](NC(=O)[C@@H](NC(=O)[C@@H](N)CC(N)=O)[C@@H](C)O)[C@@H](C)O)[C@@H](C)O)C(=O)O. The zero-order chi connectivity index (χ0) is 83.3. The van der Waals surface area contributed by atoms with Gasteiger partial charge in [-0.05, 0) is 97.4 Å². The maximum atomic E-state index is 14.3. The van der Waals surface area contributed by atoms with Crippen molar-refractivity contribution in [3.63, 3.8) is 0 Å². The Kier molecular flexibility index (Phi) is 42.4. The molecule has 0 fully saturated rings. The molecule has 47 heteroatoms. The van der Waals surface area contributed by atoms with Crippen molar-refractivity contribution in [1.82, 2.24) is 69.1 Å². The number of primary amides is 2. The summed E-state index contributed by atoms with van der Waals surface area (Å²) >= 11 is 4.02. The molecule has 0 bridgehead atoms. The number of aliphatic carboxylic acids is 3. The number of nitrogens with zero attached hydrogens (tertiary/aromatic N) is 1. The molecule has 33 N–H and O–H groups in total. The summed E-state index contributed by atoms with van der Waals surface area (Å²) in [6.45, 7) is 3.78. The van der Waals surface area contributed by atoms with E-state index in [9.17, 15) is 127 Å². The van der Waals surface area contributed by atoms with E-state index in [0.29, 0.717) is 0 Å². The number of thiol groups is 1. The molecule has 0 saturated heterocycles. The molecule has 610 valence electrons. The minimum Gasteiger partial charge on any atom is -0.508 e. The number of aliphatic hydroxyl groups is 4. The van der Waals surface area contributed by atoms with Gasteiger partial charge in [-0.25, -0.2) is 0 Å². The molecule has 109 heavy (non-hydrogen) atoms. The summed E-state index contributed by atoms with van der Waals surface area (Å²) in [5.41, 5.74) is 32.9. The third-order valence-corrected chi connectivity index (χ3v) is 15.9. The fourth-order valence-electron chi connectivity index (χ4n) is 9.55. The Morgan fingerprint density at radius 2 is 0.798 bits per heavy atom. The van der Waals surface area contributed by atoms with Gasteiger partial charge in [0.15, 0.2) is 5.96 Å². The normalized spacial score (nSPS) is 15.7. The number of hydrogen-bond acceptors (Lipinski definition) is 27. The summed E-state index contributed by atoms with van der Waals surface area (Å²) in [4.78, 5) is 241. The smallest absolute Gasteiger partial charge is 0.325 e. The number of benzene rings is 1. The van der Waals surface area contributed by atoms with Crippen LogP contribution in [0.3, 0.4) is 0 Å². The average molecular weight is 1570 g/mol. The number of nitrogens with one attached hydrogen (secondary N) is 13. The number of aliphatic imine (C=N–C) groups is 1. The number of phenolic OH excluding ortho intramolecular Hbond substituents is 1. The van der Waals surface area contributed by atoms with Crippen LogP contribution in [0.5, 0.6) is 5.75 Å². The molecule has 0 aliphatic carbocycles. The van der Waals surface area contributed by atoms with Crippen molar-refractivity contribution in [2.75, 3.05) is 25.4 Å². The maximum absolute atomic E-state index is 14.3. The second-order valence-electron chi connectivity index (χ2n) is 24.9. The van der Waals surface area contributed by atoms with Crippen LogP contribution in [0, 0.1) is 0 Å². The van der Waals surface area contributed by atoms with Crippen molar-refractivity contribution in [3.8, 4) is 5.75 Å². The highest BCUT2D eigenvalue weighted by Crippen LogP contribution is 2.14. The summed E-state index contributed by atoms with van der Waals surface area (Å²) in [6.07, 6.45) is -11.0. The van der Waals surface area contributed by atoms with E-state index >= 15 is 0 Å². The zero-order valence-corrected chi connectivity index (χ0v) is 60.9. The molecule has 0 radical (unpaired) electrons. The number of phenols is 1. The summed E-state index contributed by atoms with van der Waals surface area (Å²) in [6, 6.07) is -20.7. The van der Waals surface area contributed by atoms with Gasteiger partial charge in [-0.3, -0.25) is 91.3 Å². The Hall–Kier alpha value is -11.1. The molecule has 1 aromatic rings. The zero-order valence-electron chi connectivity index (χ0n) is 60.0. The molecule has 15 amide bonds. The van der Waals surface area contributed by atoms with Crippen molar-refractivity contribution in [1.29, 1.82) is 0 Å². The van der Waals surface area contributed by atoms with Gasteiger partial charge >= 0.3 is 17.9 Å². The summed E-state index contributed by atoms with van der Waals surface area (Å²) < 4.78 is 0. The minimum absolute atomic E-state index is 0.0496. The van der Waals surface area contributed by atoms with Crippen LogP contribution in [-0.4, -0.2) is 282 Å². The lowest BCUT2D eigenvalue weighted by Crippen LogP contribution is -2.63. The van der Waals surface area contributed by atoms with Crippen LogP contribution in [0.4, 0.5) is 0 Å². The molecule has 0 aliphatic heterocycles. The van der Waals surface area contributed by atoms with Crippen LogP contribution in [0.1, 0.15) is 104 Å². The number of rotatable bonds is 51. The molecular formula is C62H100N20O26S. The predicted molar refractivity (Wildman–Crippen MR) is 379 cm³/mol. The van der Waals surface area contributed by atoms with Crippen LogP contribution >= 0.6 is 12.6 Å². The molecule has 0 aromatic heterocycles. The van der Waals surface area contributed by atoms with E-state index in [1.807, 2.05) is 0 Å².